The van der Waals surface area contributed by atoms with E-state index in [4.69, 9.17) is 25.4 Å². The molecule has 0 aliphatic heterocycles. The molecule has 4 aromatic rings. The van der Waals surface area contributed by atoms with E-state index in [1.807, 2.05) is 41.0 Å². The Morgan fingerprint density at radius 2 is 1.73 bits per heavy atom. The van der Waals surface area contributed by atoms with Crippen molar-refractivity contribution in [3.05, 3.63) is 100 Å². The minimum absolute atomic E-state index is 0.0987. The average Bonchev–Trinajstić information content (AvgIpc) is 3.33. The van der Waals surface area contributed by atoms with Gasteiger partial charge in [-0.2, -0.15) is 0 Å². The van der Waals surface area contributed by atoms with Crippen molar-refractivity contribution < 1.29 is 28.3 Å². The number of hydrogen-bond donors (Lipinski definition) is 2. The summed E-state index contributed by atoms with van der Waals surface area (Å²) in [7, 11) is -0.644. The zero-order valence-electron chi connectivity index (χ0n) is 23.7. The summed E-state index contributed by atoms with van der Waals surface area (Å²) in [5.74, 6) is -0.393. The van der Waals surface area contributed by atoms with Crippen LogP contribution in [0.15, 0.2) is 72.8 Å². The van der Waals surface area contributed by atoms with Gasteiger partial charge in [0, 0.05) is 49.3 Å². The molecule has 10 heteroatoms. The van der Waals surface area contributed by atoms with Crippen molar-refractivity contribution in [1.82, 2.24) is 9.88 Å². The van der Waals surface area contributed by atoms with Crippen LogP contribution in [0.1, 0.15) is 47.1 Å². The van der Waals surface area contributed by atoms with Crippen LogP contribution in [0.5, 0.6) is 0 Å². The van der Waals surface area contributed by atoms with Crippen molar-refractivity contribution in [2.45, 2.75) is 39.0 Å². The fraction of sp³-hybridized carbons (Fsp3) is 0.323. The molecule has 2 atom stereocenters. The molecule has 1 heterocycles. The number of fused-ring (bicyclic) bond motifs is 1. The minimum Gasteiger partial charge on any atom is -0.461 e. The Labute approximate surface area is 245 Å². The van der Waals surface area contributed by atoms with Crippen molar-refractivity contribution >= 4 is 41.4 Å². The third-order valence-electron chi connectivity index (χ3n) is 6.96. The highest BCUT2D eigenvalue weighted by atomic mass is 35.5. The predicted octanol–water partition coefficient (Wildman–Crippen LogP) is 5.89. The van der Waals surface area contributed by atoms with Gasteiger partial charge in [0.1, 0.15) is 5.69 Å². The van der Waals surface area contributed by atoms with E-state index in [9.17, 15) is 14.5 Å². The molecule has 41 heavy (non-hydrogen) atoms. The monoisotopic (exact) mass is 598 g/mol. The highest BCUT2D eigenvalue weighted by molar-refractivity contribution is 7.62. The molecule has 0 radical (unpaired) electrons. The number of esters is 1. The molecular formula is C31H36ClN2O6P. The van der Waals surface area contributed by atoms with E-state index in [0.717, 1.165) is 34.0 Å². The molecule has 0 saturated heterocycles. The number of aliphatic hydroxyl groups excluding tert-OH is 1. The molecule has 0 saturated carbocycles. The van der Waals surface area contributed by atoms with Crippen LogP contribution in [0.4, 0.5) is 0 Å². The standard InChI is InChI=1S/C31H36ClN2O6P/c1-5-40-31(36)29-18-25-16-23(15-21(2)33-19-30(35)24-7-6-8-26(32)17-24)11-14-28(25)34(29)20-22-9-12-27(13-10-22)41(37,38-3)39-4/h6-14,16-18,21,30,33,35H,5,15,19-20H2,1-4H3/t21?,30-/m0/s1. The van der Waals surface area contributed by atoms with Gasteiger partial charge in [-0.3, -0.25) is 4.57 Å². The van der Waals surface area contributed by atoms with Gasteiger partial charge in [0.05, 0.1) is 18.0 Å². The van der Waals surface area contributed by atoms with Gasteiger partial charge in [0.15, 0.2) is 0 Å². The van der Waals surface area contributed by atoms with Crippen LogP contribution in [0.2, 0.25) is 5.02 Å². The van der Waals surface area contributed by atoms with E-state index < -0.39 is 19.7 Å². The van der Waals surface area contributed by atoms with Crippen molar-refractivity contribution in [3.8, 4) is 0 Å². The third-order valence-corrected chi connectivity index (χ3v) is 9.09. The molecule has 0 amide bonds. The van der Waals surface area contributed by atoms with Crippen molar-refractivity contribution in [2.75, 3.05) is 27.4 Å². The van der Waals surface area contributed by atoms with Crippen molar-refractivity contribution in [3.63, 3.8) is 0 Å². The molecule has 0 fully saturated rings. The Balaban J connectivity index is 1.52. The lowest BCUT2D eigenvalue weighted by Gasteiger charge is -2.18. The van der Waals surface area contributed by atoms with Crippen molar-refractivity contribution in [1.29, 1.82) is 0 Å². The second-order valence-corrected chi connectivity index (χ2v) is 12.5. The van der Waals surface area contributed by atoms with E-state index in [1.165, 1.54) is 14.2 Å². The molecule has 218 valence electrons. The summed E-state index contributed by atoms with van der Waals surface area (Å²) < 4.78 is 30.2. The normalized spacial score (nSPS) is 13.3. The first-order valence-electron chi connectivity index (χ1n) is 13.4. The molecule has 8 nitrogen and oxygen atoms in total. The van der Waals surface area contributed by atoms with Crippen LogP contribution in [0, 0.1) is 0 Å². The van der Waals surface area contributed by atoms with Crippen molar-refractivity contribution in [2.24, 2.45) is 0 Å². The summed E-state index contributed by atoms with van der Waals surface area (Å²) >= 11 is 6.05. The largest absolute Gasteiger partial charge is 0.461 e. The molecule has 1 aromatic heterocycles. The number of carbonyl (C=O) groups excluding carboxylic acids is 1. The summed E-state index contributed by atoms with van der Waals surface area (Å²) in [6.45, 7) is 4.94. The lowest BCUT2D eigenvalue weighted by Crippen LogP contribution is -2.32. The molecule has 2 N–H and O–H groups in total. The molecule has 4 rings (SSSR count). The maximum atomic E-state index is 12.9. The van der Waals surface area contributed by atoms with E-state index in [0.29, 0.717) is 29.1 Å². The van der Waals surface area contributed by atoms with E-state index in [2.05, 4.69) is 24.4 Å². The summed E-state index contributed by atoms with van der Waals surface area (Å²) in [4.78, 5) is 12.9. The number of nitrogens with one attached hydrogen (secondary N) is 1. The summed E-state index contributed by atoms with van der Waals surface area (Å²) in [5.41, 5.74) is 4.14. The predicted molar refractivity (Wildman–Crippen MR) is 162 cm³/mol. The smallest absolute Gasteiger partial charge is 0.360 e. The van der Waals surface area contributed by atoms with Gasteiger partial charge in [0.2, 0.25) is 0 Å². The molecule has 0 aliphatic carbocycles. The fourth-order valence-electron chi connectivity index (χ4n) is 4.81. The Hall–Kier alpha value is -2.97. The van der Waals surface area contributed by atoms with Gasteiger partial charge in [-0.25, -0.2) is 4.79 Å². The van der Waals surface area contributed by atoms with Gasteiger partial charge in [-0.15, -0.1) is 0 Å². The Kier molecular flexibility index (Phi) is 10.4. The minimum atomic E-state index is -3.35. The van der Waals surface area contributed by atoms with Gasteiger partial charge in [-0.1, -0.05) is 41.9 Å². The van der Waals surface area contributed by atoms with E-state index >= 15 is 0 Å². The number of benzene rings is 3. The van der Waals surface area contributed by atoms with Crippen LogP contribution >= 0.6 is 19.2 Å². The van der Waals surface area contributed by atoms with Gasteiger partial charge >= 0.3 is 13.6 Å². The highest BCUT2D eigenvalue weighted by Gasteiger charge is 2.24. The first-order chi connectivity index (χ1) is 19.7. The molecule has 0 aliphatic rings. The first-order valence-corrected chi connectivity index (χ1v) is 15.4. The average molecular weight is 599 g/mol. The summed E-state index contributed by atoms with van der Waals surface area (Å²) in [6, 6.07) is 22.5. The topological polar surface area (TPSA) is 99.0 Å². The lowest BCUT2D eigenvalue weighted by molar-refractivity contribution is 0.0515. The highest BCUT2D eigenvalue weighted by Crippen LogP contribution is 2.44. The van der Waals surface area contributed by atoms with Gasteiger partial charge in [-0.05, 0) is 79.4 Å². The number of aliphatic hydroxyl groups is 1. The van der Waals surface area contributed by atoms with Crippen LogP contribution in [-0.2, 0) is 31.3 Å². The molecule has 0 spiro atoms. The fourth-order valence-corrected chi connectivity index (χ4v) is 6.10. The Morgan fingerprint density at radius 1 is 1.02 bits per heavy atom. The SMILES string of the molecule is CCOC(=O)c1cc2cc(CC(C)NC[C@H](O)c3cccc(Cl)c3)ccc2n1Cc1ccc(P(=O)(OC)OC)cc1. The zero-order chi connectivity index (χ0) is 29.6. The molecule has 3 aromatic carbocycles. The van der Waals surface area contributed by atoms with Gasteiger partial charge in [0.25, 0.3) is 0 Å². The quantitative estimate of drug-likeness (QED) is 0.146. The van der Waals surface area contributed by atoms with Crippen LogP contribution in [-0.4, -0.2) is 49.1 Å². The zero-order valence-corrected chi connectivity index (χ0v) is 25.3. The van der Waals surface area contributed by atoms with E-state index in [-0.39, 0.29) is 12.6 Å². The van der Waals surface area contributed by atoms with Gasteiger partial charge < -0.3 is 28.8 Å². The number of hydrogen-bond acceptors (Lipinski definition) is 7. The Morgan fingerprint density at radius 3 is 2.39 bits per heavy atom. The molecular weight excluding hydrogens is 563 g/mol. The van der Waals surface area contributed by atoms with Crippen LogP contribution in [0.25, 0.3) is 10.9 Å². The van der Waals surface area contributed by atoms with E-state index in [1.54, 1.807) is 31.2 Å². The summed E-state index contributed by atoms with van der Waals surface area (Å²) in [6.07, 6.45) is 0.0725. The maximum Gasteiger partial charge on any atom is 0.360 e. The summed E-state index contributed by atoms with van der Waals surface area (Å²) in [5, 5.41) is 15.9. The second kappa shape index (κ2) is 13.8. The second-order valence-electron chi connectivity index (χ2n) is 9.84. The number of halogens is 1. The Bertz CT molecular complexity index is 1530. The maximum absolute atomic E-state index is 12.9. The van der Waals surface area contributed by atoms with Crippen LogP contribution in [0.3, 0.4) is 0 Å². The number of aromatic nitrogens is 1. The molecule has 0 bridgehead atoms. The number of ether oxygens (including phenoxy) is 1. The number of rotatable bonds is 13. The van der Waals surface area contributed by atoms with Crippen LogP contribution < -0.4 is 10.6 Å². The lowest BCUT2D eigenvalue weighted by atomic mass is 10.0. The molecule has 1 unspecified atom stereocenters. The first kappa shape index (κ1) is 31.0. The number of carbonyl (C=O) groups is 1. The number of nitrogens with zero attached hydrogens (tertiary/aromatic N) is 1. The third kappa shape index (κ3) is 7.46.